The van der Waals surface area contributed by atoms with Gasteiger partial charge in [0.25, 0.3) is 0 Å². The van der Waals surface area contributed by atoms with Crippen molar-refractivity contribution < 1.29 is 9.90 Å². The molecule has 1 N–H and O–H groups in total. The number of carbonyl (C=O) groups is 1. The average Bonchev–Trinajstić information content (AvgIpc) is 2.69. The minimum absolute atomic E-state index is 0.320. The predicted molar refractivity (Wildman–Crippen MR) is 65.6 cm³/mol. The molecule has 0 aromatic rings. The molecule has 1 rings (SSSR count). The second-order valence-corrected chi connectivity index (χ2v) is 5.08. The van der Waals surface area contributed by atoms with Crippen molar-refractivity contribution in [2.24, 2.45) is 5.41 Å². The van der Waals surface area contributed by atoms with E-state index in [1.807, 2.05) is 0 Å². The number of carboxylic acid groups (broad SMARTS) is 1. The van der Waals surface area contributed by atoms with Crippen molar-refractivity contribution in [1.82, 2.24) is 4.90 Å². The summed E-state index contributed by atoms with van der Waals surface area (Å²) >= 11 is 0. The smallest absolute Gasteiger partial charge is 0.303 e. The van der Waals surface area contributed by atoms with Crippen molar-refractivity contribution in [3.63, 3.8) is 0 Å². The van der Waals surface area contributed by atoms with Gasteiger partial charge in [-0.2, -0.15) is 0 Å². The third-order valence-corrected chi connectivity index (χ3v) is 4.13. The van der Waals surface area contributed by atoms with Crippen molar-refractivity contribution in [3.8, 4) is 0 Å². The van der Waals surface area contributed by atoms with Crippen LogP contribution in [0.2, 0.25) is 0 Å². The van der Waals surface area contributed by atoms with E-state index in [1.54, 1.807) is 0 Å². The van der Waals surface area contributed by atoms with Crippen LogP contribution in [0.5, 0.6) is 0 Å². The lowest BCUT2D eigenvalue weighted by atomic mass is 9.82. The molecule has 3 nitrogen and oxygen atoms in total. The Hall–Kier alpha value is -0.570. The number of rotatable bonds is 7. The standard InChI is InChI=1S/C13H25NO2/c1-3-13(4-2)8-10-14(11-13)9-6-5-7-12(15)16/h3-11H2,1-2H3,(H,15,16). The van der Waals surface area contributed by atoms with Gasteiger partial charge in [0, 0.05) is 13.0 Å². The monoisotopic (exact) mass is 227 g/mol. The molecule has 0 unspecified atom stereocenters. The number of unbranched alkanes of at least 4 members (excludes halogenated alkanes) is 1. The zero-order valence-corrected chi connectivity index (χ0v) is 10.7. The van der Waals surface area contributed by atoms with Gasteiger partial charge < -0.3 is 10.0 Å². The van der Waals surface area contributed by atoms with E-state index in [2.05, 4.69) is 18.7 Å². The summed E-state index contributed by atoms with van der Waals surface area (Å²) < 4.78 is 0. The quantitative estimate of drug-likeness (QED) is 0.680. The van der Waals surface area contributed by atoms with E-state index in [0.717, 1.165) is 19.4 Å². The summed E-state index contributed by atoms with van der Waals surface area (Å²) in [4.78, 5) is 12.9. The second kappa shape index (κ2) is 6.24. The predicted octanol–water partition coefficient (Wildman–Crippen LogP) is 2.75. The van der Waals surface area contributed by atoms with E-state index in [4.69, 9.17) is 5.11 Å². The molecule has 1 heterocycles. The van der Waals surface area contributed by atoms with Crippen molar-refractivity contribution in [1.29, 1.82) is 0 Å². The van der Waals surface area contributed by atoms with Crippen LogP contribution in [0.1, 0.15) is 52.4 Å². The molecule has 16 heavy (non-hydrogen) atoms. The lowest BCUT2D eigenvalue weighted by Gasteiger charge is -2.26. The number of likely N-dealkylation sites (tertiary alicyclic amines) is 1. The highest BCUT2D eigenvalue weighted by Gasteiger charge is 2.34. The third-order valence-electron chi connectivity index (χ3n) is 4.13. The zero-order chi connectivity index (χ0) is 12.0. The van der Waals surface area contributed by atoms with Gasteiger partial charge in [0.05, 0.1) is 0 Å². The summed E-state index contributed by atoms with van der Waals surface area (Å²) in [7, 11) is 0. The number of hydrogen-bond donors (Lipinski definition) is 1. The van der Waals surface area contributed by atoms with Crippen molar-refractivity contribution in [2.45, 2.75) is 52.4 Å². The molecule has 1 saturated heterocycles. The van der Waals surface area contributed by atoms with Gasteiger partial charge in [-0.15, -0.1) is 0 Å². The van der Waals surface area contributed by atoms with Gasteiger partial charge >= 0.3 is 5.97 Å². The minimum atomic E-state index is -0.669. The Morgan fingerprint density at radius 2 is 2.00 bits per heavy atom. The molecule has 94 valence electrons. The molecule has 1 fully saturated rings. The van der Waals surface area contributed by atoms with Crippen LogP contribution in [0.3, 0.4) is 0 Å². The highest BCUT2D eigenvalue weighted by Crippen LogP contribution is 2.36. The SMILES string of the molecule is CCC1(CC)CCN(CCCCC(=O)O)C1. The molecule has 1 aliphatic rings. The molecule has 0 bridgehead atoms. The van der Waals surface area contributed by atoms with Gasteiger partial charge in [0.15, 0.2) is 0 Å². The number of hydrogen-bond acceptors (Lipinski definition) is 2. The fraction of sp³-hybridized carbons (Fsp3) is 0.923. The molecule has 3 heteroatoms. The fourth-order valence-electron chi connectivity index (χ4n) is 2.66. The van der Waals surface area contributed by atoms with E-state index in [0.29, 0.717) is 11.8 Å². The number of aliphatic carboxylic acids is 1. The maximum Gasteiger partial charge on any atom is 0.303 e. The van der Waals surface area contributed by atoms with E-state index in [9.17, 15) is 4.79 Å². The summed E-state index contributed by atoms with van der Waals surface area (Å²) in [6.45, 7) is 8.08. The summed E-state index contributed by atoms with van der Waals surface area (Å²) in [5, 5.41) is 8.55. The highest BCUT2D eigenvalue weighted by molar-refractivity contribution is 5.66. The first-order chi connectivity index (χ1) is 7.62. The summed E-state index contributed by atoms with van der Waals surface area (Å²) in [6, 6.07) is 0. The van der Waals surface area contributed by atoms with Crippen LogP contribution in [-0.4, -0.2) is 35.6 Å². The highest BCUT2D eigenvalue weighted by atomic mass is 16.4. The number of carboxylic acids is 1. The van der Waals surface area contributed by atoms with Crippen LogP contribution in [-0.2, 0) is 4.79 Å². The maximum absolute atomic E-state index is 10.4. The van der Waals surface area contributed by atoms with E-state index in [-0.39, 0.29) is 0 Å². The van der Waals surface area contributed by atoms with E-state index in [1.165, 1.54) is 32.4 Å². The molecule has 0 amide bonds. The lowest BCUT2D eigenvalue weighted by molar-refractivity contribution is -0.137. The minimum Gasteiger partial charge on any atom is -0.481 e. The van der Waals surface area contributed by atoms with Crippen LogP contribution < -0.4 is 0 Å². The van der Waals surface area contributed by atoms with Crippen LogP contribution >= 0.6 is 0 Å². The molecule has 0 atom stereocenters. The molecular weight excluding hydrogens is 202 g/mol. The van der Waals surface area contributed by atoms with Crippen LogP contribution in [0.15, 0.2) is 0 Å². The maximum atomic E-state index is 10.4. The van der Waals surface area contributed by atoms with Gasteiger partial charge in [0.1, 0.15) is 0 Å². The zero-order valence-electron chi connectivity index (χ0n) is 10.7. The van der Waals surface area contributed by atoms with E-state index < -0.39 is 5.97 Å². The lowest BCUT2D eigenvalue weighted by Crippen LogP contribution is -2.27. The normalized spacial score (nSPS) is 20.1. The van der Waals surface area contributed by atoms with Crippen molar-refractivity contribution >= 4 is 5.97 Å². The first kappa shape index (κ1) is 13.5. The molecular formula is C13H25NO2. The second-order valence-electron chi connectivity index (χ2n) is 5.08. The third kappa shape index (κ3) is 3.78. The Morgan fingerprint density at radius 1 is 1.31 bits per heavy atom. The Balaban J connectivity index is 2.18. The fourth-order valence-corrected chi connectivity index (χ4v) is 2.66. The van der Waals surface area contributed by atoms with Gasteiger partial charge in [0.2, 0.25) is 0 Å². The first-order valence-electron chi connectivity index (χ1n) is 6.56. The topological polar surface area (TPSA) is 40.5 Å². The Labute approximate surface area is 98.8 Å². The molecule has 0 aromatic heterocycles. The Kier molecular flexibility index (Phi) is 5.26. The molecule has 0 aromatic carbocycles. The first-order valence-corrected chi connectivity index (χ1v) is 6.56. The van der Waals surface area contributed by atoms with Gasteiger partial charge in [-0.25, -0.2) is 0 Å². The van der Waals surface area contributed by atoms with Crippen LogP contribution in [0.25, 0.3) is 0 Å². The molecule has 0 aliphatic carbocycles. The van der Waals surface area contributed by atoms with Crippen molar-refractivity contribution in [2.75, 3.05) is 19.6 Å². The molecule has 0 spiro atoms. The Bertz CT molecular complexity index is 224. The summed E-state index contributed by atoms with van der Waals surface area (Å²) in [5.74, 6) is -0.669. The number of nitrogens with zero attached hydrogens (tertiary/aromatic N) is 1. The van der Waals surface area contributed by atoms with Gasteiger partial charge in [-0.3, -0.25) is 4.79 Å². The van der Waals surface area contributed by atoms with Gasteiger partial charge in [-0.05, 0) is 50.6 Å². The molecule has 0 saturated carbocycles. The molecule has 1 aliphatic heterocycles. The summed E-state index contributed by atoms with van der Waals surface area (Å²) in [5.41, 5.74) is 0.548. The largest absolute Gasteiger partial charge is 0.481 e. The van der Waals surface area contributed by atoms with E-state index >= 15 is 0 Å². The molecule has 0 radical (unpaired) electrons. The van der Waals surface area contributed by atoms with Crippen molar-refractivity contribution in [3.05, 3.63) is 0 Å². The average molecular weight is 227 g/mol. The Morgan fingerprint density at radius 3 is 2.50 bits per heavy atom. The van der Waals surface area contributed by atoms with Gasteiger partial charge in [-0.1, -0.05) is 13.8 Å². The summed E-state index contributed by atoms with van der Waals surface area (Å²) in [6.07, 6.45) is 6.02. The van der Waals surface area contributed by atoms with Crippen LogP contribution in [0.4, 0.5) is 0 Å². The van der Waals surface area contributed by atoms with Crippen LogP contribution in [0, 0.1) is 5.41 Å².